The zero-order valence-electron chi connectivity index (χ0n) is 43.1. The Morgan fingerprint density at radius 3 is 1.11 bits per heavy atom. The fourth-order valence-electron chi connectivity index (χ4n) is 8.07. The van der Waals surface area contributed by atoms with Gasteiger partial charge in [-0.15, -0.1) is 0 Å². The highest BCUT2D eigenvalue weighted by Crippen LogP contribution is 2.15. The summed E-state index contributed by atoms with van der Waals surface area (Å²) < 4.78 is 17.4. The molecule has 0 rings (SSSR count). The van der Waals surface area contributed by atoms with Crippen LogP contribution in [0.25, 0.3) is 0 Å². The van der Waals surface area contributed by atoms with Crippen molar-refractivity contribution in [2.24, 2.45) is 0 Å². The first kappa shape index (κ1) is 61.9. The van der Waals surface area contributed by atoms with Gasteiger partial charge in [0.15, 0.2) is 6.10 Å². The first-order valence-corrected chi connectivity index (χ1v) is 28.2. The third kappa shape index (κ3) is 52.5. The van der Waals surface area contributed by atoms with Crippen molar-refractivity contribution in [3.63, 3.8) is 0 Å². The summed E-state index contributed by atoms with van der Waals surface area (Å²) in [7, 11) is 0. The summed E-state index contributed by atoms with van der Waals surface area (Å²) in [4.78, 5) is 25.4. The van der Waals surface area contributed by atoms with Gasteiger partial charge in [0.25, 0.3) is 0 Å². The number of rotatable bonds is 52. The van der Waals surface area contributed by atoms with Gasteiger partial charge in [0.1, 0.15) is 6.61 Å². The van der Waals surface area contributed by atoms with Crippen LogP contribution in [0, 0.1) is 0 Å². The van der Waals surface area contributed by atoms with Crippen LogP contribution in [0.4, 0.5) is 0 Å². The molecule has 64 heavy (non-hydrogen) atoms. The minimum absolute atomic E-state index is 0.0769. The van der Waals surface area contributed by atoms with Gasteiger partial charge in [-0.05, 0) is 96.3 Å². The Balaban J connectivity index is 4.23. The van der Waals surface area contributed by atoms with Crippen molar-refractivity contribution in [1.82, 2.24) is 0 Å². The van der Waals surface area contributed by atoms with Crippen LogP contribution in [0.5, 0.6) is 0 Å². The number of carbonyl (C=O) groups is 2. The Kier molecular flexibility index (Phi) is 53.3. The van der Waals surface area contributed by atoms with E-state index in [2.05, 4.69) is 69.4 Å². The molecule has 0 aliphatic carbocycles. The van der Waals surface area contributed by atoms with E-state index in [4.69, 9.17) is 14.2 Å². The number of unbranched alkanes of at least 4 members (excludes halogenated alkanes) is 33. The Morgan fingerprint density at radius 2 is 0.688 bits per heavy atom. The highest BCUT2D eigenvalue weighted by molar-refractivity contribution is 5.70. The van der Waals surface area contributed by atoms with Crippen LogP contribution in [0.15, 0.2) is 48.6 Å². The second-order valence-electron chi connectivity index (χ2n) is 18.8. The summed E-state index contributed by atoms with van der Waals surface area (Å²) in [6.45, 7) is 7.77. The molecule has 0 saturated carbocycles. The van der Waals surface area contributed by atoms with Gasteiger partial charge in [-0.1, -0.05) is 230 Å². The number of carbonyl (C=O) groups excluding carboxylic acids is 2. The summed E-state index contributed by atoms with van der Waals surface area (Å²) >= 11 is 0. The molecule has 0 aromatic heterocycles. The van der Waals surface area contributed by atoms with Crippen molar-refractivity contribution in [3.05, 3.63) is 48.6 Å². The van der Waals surface area contributed by atoms with Crippen LogP contribution in [0.3, 0.4) is 0 Å². The van der Waals surface area contributed by atoms with E-state index in [-0.39, 0.29) is 25.2 Å². The van der Waals surface area contributed by atoms with Gasteiger partial charge < -0.3 is 14.2 Å². The van der Waals surface area contributed by atoms with E-state index >= 15 is 0 Å². The van der Waals surface area contributed by atoms with Crippen molar-refractivity contribution in [3.8, 4) is 0 Å². The lowest BCUT2D eigenvalue weighted by Gasteiger charge is -2.18. The van der Waals surface area contributed by atoms with Gasteiger partial charge in [-0.2, -0.15) is 0 Å². The third-order valence-electron chi connectivity index (χ3n) is 12.3. The molecule has 0 spiro atoms. The number of hydrogen-bond acceptors (Lipinski definition) is 5. The molecule has 5 nitrogen and oxygen atoms in total. The van der Waals surface area contributed by atoms with Gasteiger partial charge in [-0.3, -0.25) is 9.59 Å². The third-order valence-corrected chi connectivity index (χ3v) is 12.3. The first-order valence-electron chi connectivity index (χ1n) is 28.2. The monoisotopic (exact) mass is 897 g/mol. The molecule has 0 heterocycles. The fraction of sp³-hybridized carbons (Fsp3) is 0.831. The van der Waals surface area contributed by atoms with Gasteiger partial charge in [-0.25, -0.2) is 0 Å². The van der Waals surface area contributed by atoms with E-state index < -0.39 is 6.10 Å². The lowest BCUT2D eigenvalue weighted by molar-refractivity contribution is -0.163. The summed E-state index contributed by atoms with van der Waals surface area (Å²) in [6, 6.07) is 0. The minimum atomic E-state index is -0.546. The van der Waals surface area contributed by atoms with E-state index in [1.165, 1.54) is 186 Å². The maximum atomic E-state index is 12.8. The molecular formula is C59H108O5. The van der Waals surface area contributed by atoms with E-state index in [1.807, 2.05) is 0 Å². The molecule has 374 valence electrons. The Bertz CT molecular complexity index is 1060. The minimum Gasteiger partial charge on any atom is -0.462 e. The first-order chi connectivity index (χ1) is 31.6. The molecule has 0 aromatic rings. The SMILES string of the molecule is CCC/C=C\C/C=C\CCCCCCCC(=O)OC(COCCCCCCCCCCCC/C=C\CCCCCCCC)COC(=O)CCCCCCC/C=C\CCCCCCCC. The van der Waals surface area contributed by atoms with Crippen LogP contribution in [0.2, 0.25) is 0 Å². The van der Waals surface area contributed by atoms with Crippen LogP contribution < -0.4 is 0 Å². The van der Waals surface area contributed by atoms with Gasteiger partial charge >= 0.3 is 11.9 Å². The zero-order chi connectivity index (χ0) is 46.3. The maximum Gasteiger partial charge on any atom is 0.306 e. The normalized spacial score (nSPS) is 12.5. The largest absolute Gasteiger partial charge is 0.462 e. The lowest BCUT2D eigenvalue weighted by Crippen LogP contribution is -2.30. The molecule has 0 amide bonds. The topological polar surface area (TPSA) is 61.8 Å². The molecule has 5 heteroatoms. The smallest absolute Gasteiger partial charge is 0.306 e. The van der Waals surface area contributed by atoms with Crippen LogP contribution >= 0.6 is 0 Å². The predicted octanol–water partition coefficient (Wildman–Crippen LogP) is 19.1. The Morgan fingerprint density at radius 1 is 0.344 bits per heavy atom. The van der Waals surface area contributed by atoms with Crippen molar-refractivity contribution in [2.75, 3.05) is 19.8 Å². The molecule has 1 atom stereocenters. The van der Waals surface area contributed by atoms with E-state index in [0.717, 1.165) is 70.6 Å². The zero-order valence-corrected chi connectivity index (χ0v) is 43.1. The van der Waals surface area contributed by atoms with E-state index in [9.17, 15) is 9.59 Å². The Hall–Kier alpha value is -2.14. The maximum absolute atomic E-state index is 12.8. The predicted molar refractivity (Wildman–Crippen MR) is 279 cm³/mol. The van der Waals surface area contributed by atoms with Crippen molar-refractivity contribution >= 4 is 11.9 Å². The van der Waals surface area contributed by atoms with Crippen LogP contribution in [-0.2, 0) is 23.8 Å². The molecular weight excluding hydrogens is 789 g/mol. The molecule has 0 bridgehead atoms. The highest BCUT2D eigenvalue weighted by Gasteiger charge is 2.17. The van der Waals surface area contributed by atoms with E-state index in [0.29, 0.717) is 19.4 Å². The lowest BCUT2D eigenvalue weighted by atomic mass is 10.1. The summed E-state index contributed by atoms with van der Waals surface area (Å²) in [5.74, 6) is -0.413. The van der Waals surface area contributed by atoms with E-state index in [1.54, 1.807) is 0 Å². The highest BCUT2D eigenvalue weighted by atomic mass is 16.6. The molecule has 0 aromatic carbocycles. The van der Waals surface area contributed by atoms with Crippen molar-refractivity contribution in [2.45, 2.75) is 297 Å². The Labute approximate surface area is 399 Å². The number of allylic oxidation sites excluding steroid dienone is 8. The fourth-order valence-corrected chi connectivity index (χ4v) is 8.07. The summed E-state index contributed by atoms with van der Waals surface area (Å²) in [5.41, 5.74) is 0. The summed E-state index contributed by atoms with van der Waals surface area (Å²) in [6.07, 6.45) is 68.4. The molecule has 0 fully saturated rings. The van der Waals surface area contributed by atoms with Crippen LogP contribution in [-0.4, -0.2) is 37.9 Å². The second-order valence-corrected chi connectivity index (χ2v) is 18.8. The van der Waals surface area contributed by atoms with Crippen molar-refractivity contribution < 1.29 is 23.8 Å². The standard InChI is InChI=1S/C59H108O5/c1-4-7-10-13-16-19-22-25-27-28-29-30-31-33-36-39-42-45-48-51-54-62-55-57(64-59(61)53-50-47-44-41-38-34-24-21-18-15-12-9-6-3)56-63-58(60)52-49-46-43-40-37-35-32-26-23-20-17-14-11-8-5-2/h12,15,21,24-27,32,57H,4-11,13-14,16-20,22-23,28-31,33-56H2,1-3H3/b15-12-,24-21-,27-25-,32-26-. The molecule has 0 N–H and O–H groups in total. The average Bonchev–Trinajstić information content (AvgIpc) is 3.30. The molecule has 1 unspecified atom stereocenters. The van der Waals surface area contributed by atoms with Gasteiger partial charge in [0.05, 0.1) is 6.61 Å². The molecule has 0 radical (unpaired) electrons. The number of hydrogen-bond donors (Lipinski definition) is 0. The van der Waals surface area contributed by atoms with Crippen LogP contribution in [0.1, 0.15) is 290 Å². The molecule has 0 aliphatic rings. The molecule has 0 saturated heterocycles. The summed E-state index contributed by atoms with van der Waals surface area (Å²) in [5, 5.41) is 0. The average molecular weight is 898 g/mol. The number of esters is 2. The second kappa shape index (κ2) is 55.2. The number of ether oxygens (including phenoxy) is 3. The van der Waals surface area contributed by atoms with Gasteiger partial charge in [0.2, 0.25) is 0 Å². The quantitative estimate of drug-likeness (QED) is 0.0346. The van der Waals surface area contributed by atoms with Crippen molar-refractivity contribution in [1.29, 1.82) is 0 Å². The molecule has 0 aliphatic heterocycles. The van der Waals surface area contributed by atoms with Gasteiger partial charge in [0, 0.05) is 19.4 Å².